The van der Waals surface area contributed by atoms with Crippen LogP contribution in [0.4, 0.5) is 10.8 Å². The van der Waals surface area contributed by atoms with Crippen molar-refractivity contribution in [2.45, 2.75) is 51.2 Å². The first-order valence-corrected chi connectivity index (χ1v) is 11.1. The summed E-state index contributed by atoms with van der Waals surface area (Å²) >= 11 is 1.43. The van der Waals surface area contributed by atoms with E-state index in [2.05, 4.69) is 17.2 Å². The number of aromatic nitrogens is 1. The maximum atomic E-state index is 12.8. The number of carbonyl (C=O) groups is 2. The van der Waals surface area contributed by atoms with Crippen molar-refractivity contribution in [3.05, 3.63) is 41.4 Å². The second-order valence-electron chi connectivity index (χ2n) is 8.07. The molecule has 4 rings (SSSR count). The average Bonchev–Trinajstić information content (AvgIpc) is 3.38. The summed E-state index contributed by atoms with van der Waals surface area (Å²) in [4.78, 5) is 30.1. The summed E-state index contributed by atoms with van der Waals surface area (Å²) in [7, 11) is 0. The minimum Gasteiger partial charge on any atom is -0.459 e. The second-order valence-corrected chi connectivity index (χ2v) is 8.93. The number of benzene rings is 1. The highest BCUT2D eigenvalue weighted by molar-refractivity contribution is 7.13. The molecule has 30 heavy (non-hydrogen) atoms. The molecular weight excluding hydrogens is 404 g/mol. The number of anilines is 2. The summed E-state index contributed by atoms with van der Waals surface area (Å²) in [6.45, 7) is 4.82. The van der Waals surface area contributed by atoms with Crippen LogP contribution in [0.25, 0.3) is 0 Å². The van der Waals surface area contributed by atoms with E-state index in [4.69, 9.17) is 14.2 Å². The van der Waals surface area contributed by atoms with E-state index in [1.54, 1.807) is 6.92 Å². The Balaban J connectivity index is 1.45. The highest BCUT2D eigenvalue weighted by atomic mass is 32.1. The Labute approximate surface area is 179 Å². The molecule has 1 spiro atoms. The standard InChI is InChI=1S/C22H26N2O5S/c1-3-4-10-27-12-16-11-22(18(25)28-16)14-21(2,29-19(22)26)17-13-30-20(24-17)23-15-8-6-5-7-9-15/h5-9,13,16H,3-4,10-12,14H2,1-2H3,(H,23,24)/t16-,21-,22-/m1/s1. The normalized spacial score (nSPS) is 28.0. The zero-order valence-corrected chi connectivity index (χ0v) is 18.0. The fourth-order valence-corrected chi connectivity index (χ4v) is 4.84. The molecule has 0 aliphatic carbocycles. The van der Waals surface area contributed by atoms with Crippen LogP contribution >= 0.6 is 11.3 Å². The molecule has 2 aliphatic rings. The van der Waals surface area contributed by atoms with Gasteiger partial charge >= 0.3 is 11.9 Å². The van der Waals surface area contributed by atoms with Crippen LogP contribution in [0.2, 0.25) is 0 Å². The number of unbranched alkanes of at least 4 members (excludes halogenated alkanes) is 1. The predicted molar refractivity (Wildman–Crippen MR) is 113 cm³/mol. The molecule has 0 bridgehead atoms. The molecule has 0 amide bonds. The quantitative estimate of drug-likeness (QED) is 0.382. The van der Waals surface area contributed by atoms with Crippen molar-refractivity contribution in [3.8, 4) is 0 Å². The summed E-state index contributed by atoms with van der Waals surface area (Å²) in [5.74, 6) is -1.05. The molecule has 0 saturated carbocycles. The van der Waals surface area contributed by atoms with Crippen molar-refractivity contribution in [1.29, 1.82) is 0 Å². The van der Waals surface area contributed by atoms with Gasteiger partial charge in [0.25, 0.3) is 0 Å². The van der Waals surface area contributed by atoms with Crippen molar-refractivity contribution >= 4 is 34.1 Å². The van der Waals surface area contributed by atoms with E-state index in [1.807, 2.05) is 35.7 Å². The molecule has 7 nitrogen and oxygen atoms in total. The van der Waals surface area contributed by atoms with E-state index in [-0.39, 0.29) is 12.8 Å². The summed E-state index contributed by atoms with van der Waals surface area (Å²) in [6, 6.07) is 9.72. The molecule has 2 fully saturated rings. The lowest BCUT2D eigenvalue weighted by Crippen LogP contribution is -2.32. The predicted octanol–water partition coefficient (Wildman–Crippen LogP) is 4.17. The van der Waals surface area contributed by atoms with Gasteiger partial charge in [-0.15, -0.1) is 11.3 Å². The Morgan fingerprint density at radius 1 is 1.27 bits per heavy atom. The Bertz CT molecular complexity index is 917. The van der Waals surface area contributed by atoms with E-state index in [0.717, 1.165) is 18.5 Å². The largest absolute Gasteiger partial charge is 0.459 e. The first-order chi connectivity index (χ1) is 14.4. The molecule has 1 aromatic heterocycles. The molecule has 2 saturated heterocycles. The molecular formula is C22H26N2O5S. The maximum absolute atomic E-state index is 12.8. The number of nitrogens with one attached hydrogen (secondary N) is 1. The Morgan fingerprint density at radius 2 is 2.07 bits per heavy atom. The topological polar surface area (TPSA) is 86.8 Å². The highest BCUT2D eigenvalue weighted by Crippen LogP contribution is 2.52. The molecule has 0 radical (unpaired) electrons. The minimum absolute atomic E-state index is 0.220. The van der Waals surface area contributed by atoms with Crippen LogP contribution in [0.3, 0.4) is 0 Å². The Kier molecular flexibility index (Phi) is 5.79. The number of hydrogen-bond acceptors (Lipinski definition) is 8. The lowest BCUT2D eigenvalue weighted by Gasteiger charge is -2.20. The fourth-order valence-electron chi connectivity index (χ4n) is 3.99. The van der Waals surface area contributed by atoms with Crippen LogP contribution < -0.4 is 5.32 Å². The van der Waals surface area contributed by atoms with Gasteiger partial charge in [0.15, 0.2) is 16.1 Å². The first-order valence-electron chi connectivity index (χ1n) is 10.3. The SMILES string of the molecule is CCCCOC[C@H]1C[C@@]2(C[C@](C)(c3csc(Nc4ccccc4)n3)OC2=O)C(=O)O1. The van der Waals surface area contributed by atoms with Crippen molar-refractivity contribution in [2.75, 3.05) is 18.5 Å². The number of esters is 2. The third-order valence-corrected chi connectivity index (χ3v) is 6.36. The van der Waals surface area contributed by atoms with Crippen molar-refractivity contribution in [1.82, 2.24) is 4.98 Å². The number of cyclic esters (lactones) is 2. The molecule has 3 heterocycles. The number of hydrogen-bond donors (Lipinski definition) is 1. The molecule has 0 unspecified atom stereocenters. The molecule has 1 N–H and O–H groups in total. The molecule has 3 atom stereocenters. The number of rotatable bonds is 8. The minimum atomic E-state index is -1.27. The number of para-hydroxylation sites is 1. The van der Waals surface area contributed by atoms with Crippen molar-refractivity contribution < 1.29 is 23.8 Å². The van der Waals surface area contributed by atoms with Gasteiger partial charge in [0.1, 0.15) is 6.10 Å². The summed E-state index contributed by atoms with van der Waals surface area (Å²) in [5.41, 5.74) is -0.689. The van der Waals surface area contributed by atoms with Gasteiger partial charge in [-0.3, -0.25) is 9.59 Å². The van der Waals surface area contributed by atoms with Crippen LogP contribution in [0.5, 0.6) is 0 Å². The number of nitrogens with zero attached hydrogens (tertiary/aromatic N) is 1. The molecule has 2 aromatic rings. The number of carbonyl (C=O) groups excluding carboxylic acids is 2. The van der Waals surface area contributed by atoms with Gasteiger partial charge in [-0.25, -0.2) is 4.98 Å². The van der Waals surface area contributed by atoms with Gasteiger partial charge in [0.2, 0.25) is 0 Å². The molecule has 1 aromatic carbocycles. The molecule has 2 aliphatic heterocycles. The van der Waals surface area contributed by atoms with E-state index in [9.17, 15) is 9.59 Å². The summed E-state index contributed by atoms with van der Waals surface area (Å²) < 4.78 is 16.8. The van der Waals surface area contributed by atoms with E-state index in [1.165, 1.54) is 11.3 Å². The third kappa shape index (κ3) is 3.94. The fraction of sp³-hybridized carbons (Fsp3) is 0.500. The highest BCUT2D eigenvalue weighted by Gasteiger charge is 2.65. The number of ether oxygens (including phenoxy) is 3. The van der Waals surface area contributed by atoms with Crippen LogP contribution in [-0.2, 0) is 29.4 Å². The average molecular weight is 431 g/mol. The zero-order chi connectivity index (χ0) is 21.2. The van der Waals surface area contributed by atoms with Crippen LogP contribution in [0.15, 0.2) is 35.7 Å². The van der Waals surface area contributed by atoms with Gasteiger partial charge in [-0.05, 0) is 25.5 Å². The second kappa shape index (κ2) is 8.35. The Hall–Kier alpha value is -2.45. The van der Waals surface area contributed by atoms with Crippen LogP contribution in [0.1, 0.15) is 45.2 Å². The summed E-state index contributed by atoms with van der Waals surface area (Å²) in [5, 5.41) is 5.81. The van der Waals surface area contributed by atoms with Gasteiger partial charge in [-0.2, -0.15) is 0 Å². The lowest BCUT2D eigenvalue weighted by atomic mass is 9.78. The summed E-state index contributed by atoms with van der Waals surface area (Å²) in [6.07, 6.45) is 2.07. The monoisotopic (exact) mass is 430 g/mol. The van der Waals surface area contributed by atoms with Gasteiger partial charge in [0, 0.05) is 30.5 Å². The molecule has 8 heteroatoms. The molecule has 160 valence electrons. The smallest absolute Gasteiger partial charge is 0.324 e. The Morgan fingerprint density at radius 3 is 2.83 bits per heavy atom. The van der Waals surface area contributed by atoms with E-state index in [0.29, 0.717) is 24.0 Å². The maximum Gasteiger partial charge on any atom is 0.324 e. The van der Waals surface area contributed by atoms with Crippen LogP contribution in [-0.4, -0.2) is 36.2 Å². The van der Waals surface area contributed by atoms with Gasteiger partial charge < -0.3 is 19.5 Å². The van der Waals surface area contributed by atoms with Crippen LogP contribution in [0, 0.1) is 5.41 Å². The first kappa shape index (κ1) is 20.8. The van der Waals surface area contributed by atoms with Crippen molar-refractivity contribution in [2.24, 2.45) is 5.41 Å². The lowest BCUT2D eigenvalue weighted by molar-refractivity contribution is -0.160. The number of thiazole rings is 1. The zero-order valence-electron chi connectivity index (χ0n) is 17.2. The van der Waals surface area contributed by atoms with Gasteiger partial charge in [0.05, 0.1) is 12.3 Å². The van der Waals surface area contributed by atoms with Gasteiger partial charge in [-0.1, -0.05) is 31.5 Å². The van der Waals surface area contributed by atoms with Crippen molar-refractivity contribution in [3.63, 3.8) is 0 Å². The van der Waals surface area contributed by atoms with E-state index < -0.39 is 29.1 Å². The third-order valence-electron chi connectivity index (χ3n) is 5.61. The van der Waals surface area contributed by atoms with E-state index >= 15 is 0 Å².